The van der Waals surface area contributed by atoms with Crippen molar-refractivity contribution >= 4 is 24.2 Å². The summed E-state index contributed by atoms with van der Waals surface area (Å²) in [5.74, 6) is 1.10. The van der Waals surface area contributed by atoms with E-state index in [1.165, 1.54) is 6.08 Å². The summed E-state index contributed by atoms with van der Waals surface area (Å²) in [4.78, 5) is 16.4. The standard InChI is InChI=1S/C30H25NO4/c1-33-29-21-25(8-7-24-17-19-31-20-18-24)11-15-28(29)35-30(32)16-12-23-9-13-27(14-10-23)34-22-26-5-3-2-4-6-26/h2-21H,22H2,1H3/b8-7+,16-12+. The van der Waals surface area contributed by atoms with Crippen molar-refractivity contribution in [3.8, 4) is 17.2 Å². The summed E-state index contributed by atoms with van der Waals surface area (Å²) in [5.41, 5.74) is 3.92. The van der Waals surface area contributed by atoms with Crippen molar-refractivity contribution < 1.29 is 19.0 Å². The first-order chi connectivity index (χ1) is 17.2. The molecule has 0 radical (unpaired) electrons. The Hall–Kier alpha value is -4.64. The largest absolute Gasteiger partial charge is 0.493 e. The number of hydrogen-bond donors (Lipinski definition) is 0. The van der Waals surface area contributed by atoms with Crippen molar-refractivity contribution in [3.63, 3.8) is 0 Å². The van der Waals surface area contributed by atoms with Gasteiger partial charge in [0, 0.05) is 18.5 Å². The maximum Gasteiger partial charge on any atom is 0.336 e. The first-order valence-electron chi connectivity index (χ1n) is 11.1. The molecule has 5 heteroatoms. The predicted molar refractivity (Wildman–Crippen MR) is 138 cm³/mol. The normalized spacial score (nSPS) is 11.0. The number of carbonyl (C=O) groups is 1. The van der Waals surface area contributed by atoms with Crippen LogP contribution in [0.5, 0.6) is 17.2 Å². The van der Waals surface area contributed by atoms with Crippen LogP contribution in [0.1, 0.15) is 22.3 Å². The molecule has 0 aliphatic heterocycles. The highest BCUT2D eigenvalue weighted by atomic mass is 16.6. The molecule has 35 heavy (non-hydrogen) atoms. The van der Waals surface area contributed by atoms with Crippen LogP contribution >= 0.6 is 0 Å². The quantitative estimate of drug-likeness (QED) is 0.162. The summed E-state index contributed by atoms with van der Waals surface area (Å²) in [6.07, 6.45) is 10.5. The van der Waals surface area contributed by atoms with Gasteiger partial charge in [0.05, 0.1) is 7.11 Å². The van der Waals surface area contributed by atoms with Gasteiger partial charge >= 0.3 is 5.97 Å². The number of rotatable bonds is 9. The number of methoxy groups -OCH3 is 1. The maximum absolute atomic E-state index is 12.4. The Labute approximate surface area is 204 Å². The minimum Gasteiger partial charge on any atom is -0.493 e. The highest BCUT2D eigenvalue weighted by Gasteiger charge is 2.08. The van der Waals surface area contributed by atoms with E-state index < -0.39 is 5.97 Å². The van der Waals surface area contributed by atoms with E-state index in [-0.39, 0.29) is 0 Å². The van der Waals surface area contributed by atoms with Gasteiger partial charge in [-0.2, -0.15) is 0 Å². The fourth-order valence-electron chi connectivity index (χ4n) is 3.26. The van der Waals surface area contributed by atoms with E-state index in [0.29, 0.717) is 18.1 Å². The molecule has 174 valence electrons. The van der Waals surface area contributed by atoms with Crippen molar-refractivity contribution in [1.29, 1.82) is 0 Å². The first-order valence-corrected chi connectivity index (χ1v) is 11.1. The molecule has 0 N–H and O–H groups in total. The van der Waals surface area contributed by atoms with Crippen LogP contribution in [0.4, 0.5) is 0 Å². The van der Waals surface area contributed by atoms with Crippen LogP contribution in [0.3, 0.4) is 0 Å². The zero-order valence-electron chi connectivity index (χ0n) is 19.3. The average molecular weight is 464 g/mol. The zero-order valence-corrected chi connectivity index (χ0v) is 19.3. The van der Waals surface area contributed by atoms with E-state index in [9.17, 15) is 4.79 Å². The molecule has 0 saturated carbocycles. The van der Waals surface area contributed by atoms with Gasteiger partial charge in [0.2, 0.25) is 0 Å². The van der Waals surface area contributed by atoms with Gasteiger partial charge in [0.1, 0.15) is 12.4 Å². The van der Waals surface area contributed by atoms with E-state index in [0.717, 1.165) is 28.0 Å². The molecule has 0 aliphatic rings. The molecule has 0 bridgehead atoms. The average Bonchev–Trinajstić information content (AvgIpc) is 2.92. The molecular formula is C30H25NO4. The molecule has 0 atom stereocenters. The summed E-state index contributed by atoms with van der Waals surface area (Å²) in [7, 11) is 1.54. The predicted octanol–water partition coefficient (Wildman–Crippen LogP) is 6.46. The molecule has 0 amide bonds. The summed E-state index contributed by atoms with van der Waals surface area (Å²) >= 11 is 0. The number of nitrogens with zero attached hydrogens (tertiary/aromatic N) is 1. The van der Waals surface area contributed by atoms with Crippen molar-refractivity contribution in [2.45, 2.75) is 6.61 Å². The van der Waals surface area contributed by atoms with E-state index >= 15 is 0 Å². The van der Waals surface area contributed by atoms with E-state index in [1.54, 1.807) is 31.6 Å². The van der Waals surface area contributed by atoms with Gasteiger partial charge in [-0.3, -0.25) is 4.98 Å². The Morgan fingerprint density at radius 2 is 1.46 bits per heavy atom. The lowest BCUT2D eigenvalue weighted by Gasteiger charge is -2.09. The first kappa shape index (κ1) is 23.5. The monoisotopic (exact) mass is 463 g/mol. The number of pyridine rings is 1. The summed E-state index contributed by atoms with van der Waals surface area (Å²) in [6.45, 7) is 0.502. The second kappa shape index (κ2) is 12.0. The van der Waals surface area contributed by atoms with Crippen LogP contribution in [0.15, 0.2) is 103 Å². The van der Waals surface area contributed by atoms with Gasteiger partial charge in [-0.1, -0.05) is 60.7 Å². The topological polar surface area (TPSA) is 57.7 Å². The lowest BCUT2D eigenvalue weighted by Crippen LogP contribution is -2.05. The molecule has 0 aliphatic carbocycles. The molecule has 0 unspecified atom stereocenters. The van der Waals surface area contributed by atoms with Crippen LogP contribution in [0.25, 0.3) is 18.2 Å². The van der Waals surface area contributed by atoms with Crippen LogP contribution in [-0.2, 0) is 11.4 Å². The molecule has 4 rings (SSSR count). The summed E-state index contributed by atoms with van der Waals surface area (Å²) in [6, 6.07) is 26.7. The summed E-state index contributed by atoms with van der Waals surface area (Å²) < 4.78 is 16.7. The van der Waals surface area contributed by atoms with Gasteiger partial charge in [-0.05, 0) is 64.7 Å². The lowest BCUT2D eigenvalue weighted by molar-refractivity contribution is -0.129. The van der Waals surface area contributed by atoms with Gasteiger partial charge in [0.25, 0.3) is 0 Å². The van der Waals surface area contributed by atoms with Crippen LogP contribution < -0.4 is 14.2 Å². The molecule has 4 aromatic rings. The highest BCUT2D eigenvalue weighted by Crippen LogP contribution is 2.29. The van der Waals surface area contributed by atoms with Crippen LogP contribution in [0, 0.1) is 0 Å². The van der Waals surface area contributed by atoms with E-state index in [2.05, 4.69) is 4.98 Å². The van der Waals surface area contributed by atoms with Gasteiger partial charge in [0.15, 0.2) is 11.5 Å². The fraction of sp³-hybridized carbons (Fsp3) is 0.0667. The van der Waals surface area contributed by atoms with Crippen molar-refractivity contribution in [2.24, 2.45) is 0 Å². The molecule has 1 aromatic heterocycles. The van der Waals surface area contributed by atoms with Crippen molar-refractivity contribution in [3.05, 3.63) is 126 Å². The third-order valence-electron chi connectivity index (χ3n) is 5.11. The molecule has 5 nitrogen and oxygen atoms in total. The van der Waals surface area contributed by atoms with E-state index in [4.69, 9.17) is 14.2 Å². The SMILES string of the molecule is COc1cc(/C=C/c2ccncc2)ccc1OC(=O)/C=C/c1ccc(OCc2ccccc2)cc1. The molecule has 0 fully saturated rings. The Bertz CT molecular complexity index is 1300. The number of aromatic nitrogens is 1. The fourth-order valence-corrected chi connectivity index (χ4v) is 3.26. The third-order valence-corrected chi connectivity index (χ3v) is 5.11. The highest BCUT2D eigenvalue weighted by molar-refractivity contribution is 5.89. The van der Waals surface area contributed by atoms with Gasteiger partial charge in [-0.15, -0.1) is 0 Å². The molecule has 0 spiro atoms. The van der Waals surface area contributed by atoms with Crippen LogP contribution in [-0.4, -0.2) is 18.1 Å². The number of esters is 1. The van der Waals surface area contributed by atoms with Gasteiger partial charge < -0.3 is 14.2 Å². The Morgan fingerprint density at radius 1 is 0.771 bits per heavy atom. The molecule has 0 saturated heterocycles. The lowest BCUT2D eigenvalue weighted by atomic mass is 10.1. The number of hydrogen-bond acceptors (Lipinski definition) is 5. The smallest absolute Gasteiger partial charge is 0.336 e. The van der Waals surface area contributed by atoms with Gasteiger partial charge in [-0.25, -0.2) is 4.79 Å². The molecular weight excluding hydrogens is 438 g/mol. The van der Waals surface area contributed by atoms with Crippen molar-refractivity contribution in [2.75, 3.05) is 7.11 Å². The van der Waals surface area contributed by atoms with Crippen LogP contribution in [0.2, 0.25) is 0 Å². The third kappa shape index (κ3) is 7.17. The number of carbonyl (C=O) groups excluding carboxylic acids is 1. The Morgan fingerprint density at radius 3 is 2.20 bits per heavy atom. The molecule has 1 heterocycles. The second-order valence-corrected chi connectivity index (χ2v) is 7.62. The molecule has 3 aromatic carbocycles. The minimum atomic E-state index is -0.493. The minimum absolute atomic E-state index is 0.355. The van der Waals surface area contributed by atoms with Crippen molar-refractivity contribution in [1.82, 2.24) is 4.98 Å². The zero-order chi connectivity index (χ0) is 24.3. The number of benzene rings is 3. The Balaban J connectivity index is 1.33. The maximum atomic E-state index is 12.4. The number of ether oxygens (including phenoxy) is 3. The second-order valence-electron chi connectivity index (χ2n) is 7.62. The Kier molecular flexibility index (Phi) is 8.06. The van der Waals surface area contributed by atoms with E-state index in [1.807, 2.05) is 91.0 Å². The summed E-state index contributed by atoms with van der Waals surface area (Å²) in [5, 5.41) is 0.